The molecule has 1 aliphatic rings. The number of rotatable bonds is 6. The number of hydrogen-bond donors (Lipinski definition) is 0. The molecular weight excluding hydrogens is 384 g/mol. The molecule has 1 saturated heterocycles. The molecule has 1 fully saturated rings. The predicted octanol–water partition coefficient (Wildman–Crippen LogP) is 2.28. The molecule has 0 aromatic heterocycles. The van der Waals surface area contributed by atoms with Gasteiger partial charge in [0.2, 0.25) is 0 Å². The van der Waals surface area contributed by atoms with E-state index in [0.717, 1.165) is 19.6 Å². The van der Waals surface area contributed by atoms with Crippen molar-refractivity contribution >= 4 is 17.8 Å². The summed E-state index contributed by atoms with van der Waals surface area (Å²) in [7, 11) is 1.24. The normalized spacial score (nSPS) is 14.3. The van der Waals surface area contributed by atoms with Gasteiger partial charge in [-0.25, -0.2) is 9.59 Å². The maximum Gasteiger partial charge on any atom is 0.339 e. The maximum absolute atomic E-state index is 12.5. The number of ether oxygens (including phenoxy) is 2. The smallest absolute Gasteiger partial charge is 0.339 e. The van der Waals surface area contributed by atoms with E-state index in [2.05, 4.69) is 40.8 Å². The Bertz CT molecular complexity index is 919. The highest BCUT2D eigenvalue weighted by atomic mass is 16.5. The van der Waals surface area contributed by atoms with Crippen molar-refractivity contribution in [3.05, 3.63) is 70.8 Å². The number of aryl methyl sites for hydroxylation is 1. The van der Waals surface area contributed by atoms with E-state index in [1.807, 2.05) is 0 Å². The summed E-state index contributed by atoms with van der Waals surface area (Å²) in [6.45, 7) is 5.26. The molecule has 2 aromatic carbocycles. The molecule has 0 atom stereocenters. The van der Waals surface area contributed by atoms with Crippen LogP contribution in [0.25, 0.3) is 0 Å². The number of carbonyl (C=O) groups excluding carboxylic acids is 3. The average molecular weight is 410 g/mol. The van der Waals surface area contributed by atoms with Crippen molar-refractivity contribution < 1.29 is 23.9 Å². The number of methoxy groups -OCH3 is 1. The van der Waals surface area contributed by atoms with Gasteiger partial charge >= 0.3 is 11.9 Å². The molecule has 7 nitrogen and oxygen atoms in total. The summed E-state index contributed by atoms with van der Waals surface area (Å²) < 4.78 is 9.84. The maximum atomic E-state index is 12.5. The van der Waals surface area contributed by atoms with E-state index in [-0.39, 0.29) is 23.6 Å². The van der Waals surface area contributed by atoms with Crippen LogP contribution < -0.4 is 0 Å². The van der Waals surface area contributed by atoms with Crippen LogP contribution in [0.5, 0.6) is 0 Å². The summed E-state index contributed by atoms with van der Waals surface area (Å²) >= 11 is 0. The second-order valence-corrected chi connectivity index (χ2v) is 7.26. The first-order valence-electron chi connectivity index (χ1n) is 9.88. The fraction of sp³-hybridized carbons (Fsp3) is 0.348. The summed E-state index contributed by atoms with van der Waals surface area (Å²) in [5.74, 6) is -1.59. The molecule has 0 aliphatic carbocycles. The predicted molar refractivity (Wildman–Crippen MR) is 111 cm³/mol. The van der Waals surface area contributed by atoms with Crippen LogP contribution in [0.4, 0.5) is 0 Å². The number of amides is 1. The number of piperazine rings is 1. The highest BCUT2D eigenvalue weighted by Crippen LogP contribution is 2.13. The molecule has 1 amide bonds. The van der Waals surface area contributed by atoms with Gasteiger partial charge in [0.1, 0.15) is 0 Å². The first-order valence-corrected chi connectivity index (χ1v) is 9.88. The molecule has 1 aliphatic heterocycles. The van der Waals surface area contributed by atoms with E-state index in [1.165, 1.54) is 30.4 Å². The van der Waals surface area contributed by atoms with Crippen LogP contribution in [0.15, 0.2) is 48.5 Å². The number of esters is 2. The first-order chi connectivity index (χ1) is 14.5. The van der Waals surface area contributed by atoms with E-state index >= 15 is 0 Å². The molecule has 0 unspecified atom stereocenters. The first kappa shape index (κ1) is 21.5. The SMILES string of the molecule is COC(=O)c1ccccc1C(=O)OCC(=O)N1CCN(Cc2cccc(C)c2)CC1. The van der Waals surface area contributed by atoms with Crippen molar-refractivity contribution in [2.45, 2.75) is 13.5 Å². The largest absolute Gasteiger partial charge is 0.465 e. The Morgan fingerprint density at radius 3 is 2.20 bits per heavy atom. The number of benzene rings is 2. The minimum Gasteiger partial charge on any atom is -0.465 e. The molecule has 0 saturated carbocycles. The van der Waals surface area contributed by atoms with Crippen LogP contribution in [-0.4, -0.2) is 67.5 Å². The van der Waals surface area contributed by atoms with Crippen LogP contribution >= 0.6 is 0 Å². The van der Waals surface area contributed by atoms with Gasteiger partial charge in [-0.1, -0.05) is 42.0 Å². The standard InChI is InChI=1S/C23H26N2O5/c1-17-6-5-7-18(14-17)15-24-10-12-25(13-11-24)21(26)16-30-23(28)20-9-4-3-8-19(20)22(27)29-2/h3-9,14H,10-13,15-16H2,1-2H3. The van der Waals surface area contributed by atoms with Crippen molar-refractivity contribution in [1.29, 1.82) is 0 Å². The molecule has 0 spiro atoms. The van der Waals surface area contributed by atoms with Gasteiger partial charge in [0.05, 0.1) is 18.2 Å². The second kappa shape index (κ2) is 10.0. The average Bonchev–Trinajstić information content (AvgIpc) is 2.77. The summed E-state index contributed by atoms with van der Waals surface area (Å²) in [6, 6.07) is 14.6. The van der Waals surface area contributed by atoms with Crippen molar-refractivity contribution in [3.8, 4) is 0 Å². The van der Waals surface area contributed by atoms with Gasteiger partial charge in [0.15, 0.2) is 6.61 Å². The van der Waals surface area contributed by atoms with Crippen molar-refractivity contribution in [3.63, 3.8) is 0 Å². The third kappa shape index (κ3) is 5.45. The van der Waals surface area contributed by atoms with E-state index in [0.29, 0.717) is 13.1 Å². The zero-order valence-electron chi connectivity index (χ0n) is 17.3. The third-order valence-electron chi connectivity index (χ3n) is 5.09. The molecule has 1 heterocycles. The molecule has 30 heavy (non-hydrogen) atoms. The molecule has 3 rings (SSSR count). The van der Waals surface area contributed by atoms with E-state index in [1.54, 1.807) is 17.0 Å². The summed E-state index contributed by atoms with van der Waals surface area (Å²) in [5.41, 5.74) is 2.69. The van der Waals surface area contributed by atoms with Gasteiger partial charge in [0.25, 0.3) is 5.91 Å². The number of carbonyl (C=O) groups is 3. The fourth-order valence-electron chi connectivity index (χ4n) is 3.47. The minimum absolute atomic E-state index is 0.0834. The third-order valence-corrected chi connectivity index (χ3v) is 5.09. The Hall–Kier alpha value is -3.19. The Balaban J connectivity index is 1.48. The Morgan fingerprint density at radius 1 is 0.900 bits per heavy atom. The van der Waals surface area contributed by atoms with Crippen molar-refractivity contribution in [2.75, 3.05) is 39.9 Å². The lowest BCUT2D eigenvalue weighted by molar-refractivity contribution is -0.136. The van der Waals surface area contributed by atoms with E-state index in [9.17, 15) is 14.4 Å². The molecule has 0 bridgehead atoms. The van der Waals surface area contributed by atoms with Crippen LogP contribution in [0.3, 0.4) is 0 Å². The zero-order valence-corrected chi connectivity index (χ0v) is 17.3. The van der Waals surface area contributed by atoms with Crippen LogP contribution in [0.2, 0.25) is 0 Å². The summed E-state index contributed by atoms with van der Waals surface area (Å²) in [5, 5.41) is 0. The summed E-state index contributed by atoms with van der Waals surface area (Å²) in [6.07, 6.45) is 0. The molecule has 7 heteroatoms. The van der Waals surface area contributed by atoms with Gasteiger partial charge in [-0.3, -0.25) is 9.69 Å². The van der Waals surface area contributed by atoms with E-state index < -0.39 is 11.9 Å². The van der Waals surface area contributed by atoms with Crippen LogP contribution in [-0.2, 0) is 20.8 Å². The monoisotopic (exact) mass is 410 g/mol. The van der Waals surface area contributed by atoms with Gasteiger partial charge in [-0.2, -0.15) is 0 Å². The van der Waals surface area contributed by atoms with Crippen molar-refractivity contribution in [1.82, 2.24) is 9.80 Å². The lowest BCUT2D eigenvalue weighted by Gasteiger charge is -2.34. The summed E-state index contributed by atoms with van der Waals surface area (Å²) in [4.78, 5) is 40.6. The second-order valence-electron chi connectivity index (χ2n) is 7.26. The molecule has 0 radical (unpaired) electrons. The zero-order chi connectivity index (χ0) is 21.5. The van der Waals surface area contributed by atoms with Gasteiger partial charge in [-0.15, -0.1) is 0 Å². The van der Waals surface area contributed by atoms with Gasteiger partial charge in [-0.05, 0) is 24.6 Å². The highest BCUT2D eigenvalue weighted by Gasteiger charge is 2.24. The Kier molecular flexibility index (Phi) is 7.19. The number of hydrogen-bond acceptors (Lipinski definition) is 6. The number of nitrogens with zero attached hydrogens (tertiary/aromatic N) is 2. The topological polar surface area (TPSA) is 76.2 Å². The Labute approximate surface area is 176 Å². The van der Waals surface area contributed by atoms with Crippen LogP contribution in [0, 0.1) is 6.92 Å². The molecule has 2 aromatic rings. The quantitative estimate of drug-likeness (QED) is 0.680. The fourth-order valence-corrected chi connectivity index (χ4v) is 3.47. The van der Waals surface area contributed by atoms with Crippen LogP contribution in [0.1, 0.15) is 31.8 Å². The molecule has 0 N–H and O–H groups in total. The van der Waals surface area contributed by atoms with E-state index in [4.69, 9.17) is 4.74 Å². The van der Waals surface area contributed by atoms with Gasteiger partial charge in [0, 0.05) is 32.7 Å². The molecule has 158 valence electrons. The molecular formula is C23H26N2O5. The van der Waals surface area contributed by atoms with Crippen molar-refractivity contribution in [2.24, 2.45) is 0 Å². The highest BCUT2D eigenvalue weighted by molar-refractivity contribution is 6.03. The minimum atomic E-state index is -0.720. The van der Waals surface area contributed by atoms with Gasteiger partial charge < -0.3 is 14.4 Å². The Morgan fingerprint density at radius 2 is 1.57 bits per heavy atom. The lowest BCUT2D eigenvalue weighted by atomic mass is 10.1. The lowest BCUT2D eigenvalue weighted by Crippen LogP contribution is -2.49.